The molecular formula is C14H11ClO3S. The Bertz CT molecular complexity index is 586. The summed E-state index contributed by atoms with van der Waals surface area (Å²) in [7, 11) is 0. The second-order valence-electron chi connectivity index (χ2n) is 3.89. The van der Waals surface area contributed by atoms with Crippen LogP contribution in [0.5, 0.6) is 5.75 Å². The first kappa shape index (κ1) is 13.9. The monoisotopic (exact) mass is 294 g/mol. The minimum Gasteiger partial charge on any atom is -0.611 e. The van der Waals surface area contributed by atoms with Crippen molar-refractivity contribution in [3.8, 4) is 5.75 Å². The molecule has 2 aromatic rings. The number of halogens is 1. The molecule has 0 aromatic heterocycles. The summed E-state index contributed by atoms with van der Waals surface area (Å²) in [5.74, 6) is -0.737. The molecule has 0 saturated heterocycles. The summed E-state index contributed by atoms with van der Waals surface area (Å²) >= 11 is 4.34. The zero-order chi connectivity index (χ0) is 13.8. The molecular weight excluding hydrogens is 284 g/mol. The number of Topliss-reactive ketones (excluding diaryl/α,β-unsaturated/α-hetero) is 1. The largest absolute Gasteiger partial charge is 0.611 e. The van der Waals surface area contributed by atoms with E-state index in [1.807, 2.05) is 6.07 Å². The smallest absolute Gasteiger partial charge is 0.216 e. The molecule has 0 aliphatic carbocycles. The van der Waals surface area contributed by atoms with Gasteiger partial charge in [-0.15, -0.1) is 0 Å². The number of phenols is 1. The van der Waals surface area contributed by atoms with Crippen molar-refractivity contribution in [1.29, 1.82) is 0 Å². The molecule has 0 saturated carbocycles. The van der Waals surface area contributed by atoms with Gasteiger partial charge in [-0.3, -0.25) is 4.79 Å². The molecule has 0 spiro atoms. The number of ketones is 1. The quantitative estimate of drug-likeness (QED) is 0.696. The molecule has 3 nitrogen and oxygen atoms in total. The Hall–Kier alpha value is -1.49. The summed E-state index contributed by atoms with van der Waals surface area (Å²) in [5.41, 5.74) is 0.0942. The maximum atomic E-state index is 12.0. The van der Waals surface area contributed by atoms with Crippen LogP contribution >= 0.6 is 11.6 Å². The van der Waals surface area contributed by atoms with Gasteiger partial charge in [-0.2, -0.15) is 0 Å². The van der Waals surface area contributed by atoms with Crippen LogP contribution in [0.15, 0.2) is 53.4 Å². The summed E-state index contributed by atoms with van der Waals surface area (Å²) in [6, 6.07) is 12.9. The topological polar surface area (TPSA) is 60.4 Å². The molecule has 2 rings (SSSR count). The standard InChI is InChI=1S/C14H11ClO3S/c15-10-6-7-13(16)12(8-10)14(17)9-19(18)11-4-2-1-3-5-11/h1-8,16H,9H2. The lowest BCUT2D eigenvalue weighted by Gasteiger charge is -2.10. The van der Waals surface area contributed by atoms with Crippen molar-refractivity contribution in [3.05, 3.63) is 59.1 Å². The van der Waals surface area contributed by atoms with E-state index in [1.165, 1.54) is 18.2 Å². The Morgan fingerprint density at radius 1 is 1.21 bits per heavy atom. The van der Waals surface area contributed by atoms with Gasteiger partial charge in [-0.1, -0.05) is 29.8 Å². The molecule has 19 heavy (non-hydrogen) atoms. The van der Waals surface area contributed by atoms with Crippen LogP contribution in [-0.4, -0.2) is 21.2 Å². The average Bonchev–Trinajstić information content (AvgIpc) is 2.42. The number of benzene rings is 2. The Morgan fingerprint density at radius 3 is 2.58 bits per heavy atom. The van der Waals surface area contributed by atoms with E-state index in [0.29, 0.717) is 9.92 Å². The van der Waals surface area contributed by atoms with Gasteiger partial charge in [0.1, 0.15) is 5.75 Å². The number of aromatic hydroxyl groups is 1. The van der Waals surface area contributed by atoms with Crippen molar-refractivity contribution < 1.29 is 14.5 Å². The van der Waals surface area contributed by atoms with Crippen LogP contribution in [0.25, 0.3) is 0 Å². The molecule has 0 amide bonds. The van der Waals surface area contributed by atoms with E-state index in [4.69, 9.17) is 11.6 Å². The van der Waals surface area contributed by atoms with Crippen LogP contribution in [0.1, 0.15) is 10.4 Å². The van der Waals surface area contributed by atoms with Crippen molar-refractivity contribution in [2.75, 3.05) is 5.75 Å². The maximum Gasteiger partial charge on any atom is 0.216 e. The van der Waals surface area contributed by atoms with Crippen LogP contribution in [0.3, 0.4) is 0 Å². The number of carbonyl (C=O) groups is 1. The zero-order valence-corrected chi connectivity index (χ0v) is 11.4. The number of phenolic OH excluding ortho intramolecular Hbond substituents is 1. The molecule has 0 heterocycles. The molecule has 5 heteroatoms. The highest BCUT2D eigenvalue weighted by Gasteiger charge is 2.20. The van der Waals surface area contributed by atoms with Crippen LogP contribution < -0.4 is 0 Å². The first-order chi connectivity index (χ1) is 9.08. The lowest BCUT2D eigenvalue weighted by Crippen LogP contribution is -2.16. The van der Waals surface area contributed by atoms with Gasteiger partial charge in [-0.25, -0.2) is 0 Å². The van der Waals surface area contributed by atoms with Crippen molar-refractivity contribution in [1.82, 2.24) is 0 Å². The fourth-order valence-corrected chi connectivity index (χ4v) is 2.78. The summed E-state index contributed by atoms with van der Waals surface area (Å²) in [6.45, 7) is 0. The van der Waals surface area contributed by atoms with Gasteiger partial charge in [0.25, 0.3) is 0 Å². The second-order valence-corrected chi connectivity index (χ2v) is 5.78. The van der Waals surface area contributed by atoms with Gasteiger partial charge in [0.05, 0.1) is 5.56 Å². The first-order valence-electron chi connectivity index (χ1n) is 5.53. The highest BCUT2D eigenvalue weighted by Crippen LogP contribution is 2.23. The minimum atomic E-state index is -1.43. The van der Waals surface area contributed by atoms with Crippen LogP contribution in [0, 0.1) is 0 Å². The summed E-state index contributed by atoms with van der Waals surface area (Å²) in [5, 5.41) is 9.96. The Kier molecular flexibility index (Phi) is 4.47. The summed E-state index contributed by atoms with van der Waals surface area (Å²) < 4.78 is 12.0. The molecule has 0 radical (unpaired) electrons. The first-order valence-corrected chi connectivity index (χ1v) is 7.23. The molecule has 98 valence electrons. The Labute approximate surface area is 119 Å². The predicted molar refractivity (Wildman–Crippen MR) is 75.2 cm³/mol. The lowest BCUT2D eigenvalue weighted by atomic mass is 10.1. The number of carbonyl (C=O) groups excluding carboxylic acids is 1. The predicted octanol–water partition coefficient (Wildman–Crippen LogP) is 3.04. The number of hydrogen-bond acceptors (Lipinski definition) is 3. The molecule has 1 unspecified atom stereocenters. The Morgan fingerprint density at radius 2 is 1.89 bits per heavy atom. The fourth-order valence-electron chi connectivity index (χ4n) is 1.58. The van der Waals surface area contributed by atoms with Crippen molar-refractivity contribution in [3.63, 3.8) is 0 Å². The van der Waals surface area contributed by atoms with Gasteiger partial charge in [-0.05, 0) is 41.5 Å². The van der Waals surface area contributed by atoms with Gasteiger partial charge in [0.15, 0.2) is 10.6 Å². The van der Waals surface area contributed by atoms with E-state index in [0.717, 1.165) is 0 Å². The van der Waals surface area contributed by atoms with Gasteiger partial charge < -0.3 is 9.66 Å². The third-order valence-corrected chi connectivity index (χ3v) is 4.08. The highest BCUT2D eigenvalue weighted by atomic mass is 35.5. The van der Waals surface area contributed by atoms with Crippen molar-refractivity contribution >= 4 is 28.6 Å². The molecule has 0 bridgehead atoms. The van der Waals surface area contributed by atoms with E-state index in [-0.39, 0.29) is 17.1 Å². The molecule has 0 aliphatic heterocycles. The van der Waals surface area contributed by atoms with Crippen LogP contribution in [-0.2, 0) is 11.2 Å². The van der Waals surface area contributed by atoms with Gasteiger partial charge in [0, 0.05) is 5.02 Å². The third kappa shape index (κ3) is 3.50. The molecule has 2 aromatic carbocycles. The van der Waals surface area contributed by atoms with E-state index < -0.39 is 17.0 Å². The fraction of sp³-hybridized carbons (Fsp3) is 0.0714. The van der Waals surface area contributed by atoms with Crippen LogP contribution in [0.4, 0.5) is 0 Å². The van der Waals surface area contributed by atoms with E-state index in [2.05, 4.69) is 0 Å². The minimum absolute atomic E-state index is 0.0942. The lowest BCUT2D eigenvalue weighted by molar-refractivity contribution is 0.101. The highest BCUT2D eigenvalue weighted by molar-refractivity contribution is 7.92. The summed E-state index contributed by atoms with van der Waals surface area (Å²) in [4.78, 5) is 12.6. The zero-order valence-electron chi connectivity index (χ0n) is 9.88. The normalized spacial score (nSPS) is 12.1. The second kappa shape index (κ2) is 6.10. The maximum absolute atomic E-state index is 12.0. The number of rotatable bonds is 4. The van der Waals surface area contributed by atoms with E-state index in [9.17, 15) is 14.5 Å². The van der Waals surface area contributed by atoms with Crippen LogP contribution in [0.2, 0.25) is 5.02 Å². The van der Waals surface area contributed by atoms with E-state index in [1.54, 1.807) is 24.3 Å². The van der Waals surface area contributed by atoms with E-state index >= 15 is 0 Å². The molecule has 0 aliphatic rings. The van der Waals surface area contributed by atoms with Gasteiger partial charge in [0.2, 0.25) is 5.78 Å². The third-order valence-electron chi connectivity index (χ3n) is 2.53. The number of hydrogen-bond donors (Lipinski definition) is 1. The van der Waals surface area contributed by atoms with Crippen molar-refractivity contribution in [2.45, 2.75) is 4.90 Å². The SMILES string of the molecule is O=C(C[S+]([O-])c1ccccc1)c1cc(Cl)ccc1O. The van der Waals surface area contributed by atoms with Crippen molar-refractivity contribution in [2.24, 2.45) is 0 Å². The molecule has 0 fully saturated rings. The molecule has 1 N–H and O–H groups in total. The van der Waals surface area contributed by atoms with Gasteiger partial charge >= 0.3 is 0 Å². The average molecular weight is 295 g/mol. The Balaban J connectivity index is 2.15. The summed E-state index contributed by atoms with van der Waals surface area (Å²) in [6.07, 6.45) is 0. The molecule has 1 atom stereocenters.